The zero-order chi connectivity index (χ0) is 32.4. The number of pyridine rings is 1. The van der Waals surface area contributed by atoms with Gasteiger partial charge in [0, 0.05) is 44.2 Å². The van der Waals surface area contributed by atoms with Crippen molar-refractivity contribution in [2.75, 3.05) is 39.8 Å². The van der Waals surface area contributed by atoms with E-state index in [1.54, 1.807) is 40.0 Å². The number of nitrogens with zero attached hydrogens (tertiary/aromatic N) is 3. The summed E-state index contributed by atoms with van der Waals surface area (Å²) in [6, 6.07) is 5.88. The van der Waals surface area contributed by atoms with Crippen LogP contribution in [0.2, 0.25) is 0 Å². The molecule has 1 aromatic rings. The van der Waals surface area contributed by atoms with Gasteiger partial charge in [-0.15, -0.1) is 0 Å². The molecule has 0 radical (unpaired) electrons. The van der Waals surface area contributed by atoms with E-state index in [1.807, 2.05) is 0 Å². The second-order valence-corrected chi connectivity index (χ2v) is 14.8. The third-order valence-electron chi connectivity index (χ3n) is 10.0. The largest absolute Gasteiger partial charge is 0.444 e. The number of rotatable bonds is 10. The van der Waals surface area contributed by atoms with Gasteiger partial charge in [-0.3, -0.25) is 14.4 Å². The van der Waals surface area contributed by atoms with E-state index in [1.165, 1.54) is 11.0 Å². The van der Waals surface area contributed by atoms with Gasteiger partial charge in [0.15, 0.2) is 0 Å². The lowest BCUT2D eigenvalue weighted by molar-refractivity contribution is -0.203. The third-order valence-corrected chi connectivity index (χ3v) is 10.0. The lowest BCUT2D eigenvalue weighted by Gasteiger charge is -2.63. The Hall–Kier alpha value is -3.43. The number of alkyl carbamates (subject to hydrolysis) is 1. The topological polar surface area (TPSA) is 157 Å². The van der Waals surface area contributed by atoms with Crippen LogP contribution < -0.4 is 16.2 Å². The normalized spacial score (nSPS) is 28.6. The molecule has 5 aliphatic rings. The molecule has 2 heterocycles. The Morgan fingerprint density at radius 1 is 1.16 bits per heavy atom. The van der Waals surface area contributed by atoms with Crippen LogP contribution in [0.1, 0.15) is 82.6 Å². The lowest BCUT2D eigenvalue weighted by atomic mass is 9.46. The summed E-state index contributed by atoms with van der Waals surface area (Å²) in [5, 5.41) is 15.3. The number of H-pyrrole nitrogens is 1. The number of aromatic nitrogens is 1. The first-order valence-corrected chi connectivity index (χ1v) is 16.3. The number of hydrogen-bond donors (Lipinski definition) is 3. The molecule has 12 heteroatoms. The van der Waals surface area contributed by atoms with E-state index in [9.17, 15) is 24.4 Å². The summed E-state index contributed by atoms with van der Waals surface area (Å²) in [5.74, 6) is 0.319. The van der Waals surface area contributed by atoms with E-state index in [4.69, 9.17) is 9.47 Å². The molecule has 4 saturated carbocycles. The highest BCUT2D eigenvalue weighted by molar-refractivity contribution is 5.92. The molecule has 12 nitrogen and oxygen atoms in total. The van der Waals surface area contributed by atoms with Crippen molar-refractivity contribution in [1.29, 1.82) is 5.26 Å². The summed E-state index contributed by atoms with van der Waals surface area (Å²) < 4.78 is 12.4. The fourth-order valence-electron chi connectivity index (χ4n) is 8.60. The molecule has 4 aliphatic carbocycles. The summed E-state index contributed by atoms with van der Waals surface area (Å²) >= 11 is 0. The molecule has 2 unspecified atom stereocenters. The number of hydrogen-bond acceptors (Lipinski definition) is 8. The fraction of sp³-hybridized carbons (Fsp3) is 0.727. The third kappa shape index (κ3) is 7.87. The van der Waals surface area contributed by atoms with Crippen LogP contribution >= 0.6 is 0 Å². The van der Waals surface area contributed by atoms with Crippen molar-refractivity contribution >= 4 is 17.9 Å². The van der Waals surface area contributed by atoms with E-state index in [0.717, 1.165) is 64.6 Å². The van der Waals surface area contributed by atoms with Gasteiger partial charge in [-0.1, -0.05) is 6.07 Å². The Labute approximate surface area is 265 Å². The van der Waals surface area contributed by atoms with Gasteiger partial charge in [-0.2, -0.15) is 5.26 Å². The number of amides is 3. The van der Waals surface area contributed by atoms with E-state index in [2.05, 4.69) is 26.6 Å². The van der Waals surface area contributed by atoms with Crippen molar-refractivity contribution in [1.82, 2.24) is 25.4 Å². The average Bonchev–Trinajstić information content (AvgIpc) is 2.95. The van der Waals surface area contributed by atoms with Gasteiger partial charge >= 0.3 is 6.09 Å². The van der Waals surface area contributed by atoms with Crippen LogP contribution in [0.3, 0.4) is 0 Å². The van der Waals surface area contributed by atoms with Crippen molar-refractivity contribution in [3.05, 3.63) is 34.2 Å². The molecule has 3 N–H and O–H groups in total. The molecule has 246 valence electrons. The SMILES string of the molecule is CN(CC#N)C(=O)[C@@H](NC(=O)OC(C)(C)C)C12CC3CC(CC(OCCN4CCC(NC(=O)c5cccc(=O)[nH]5)CC4)(C3)C1)C2. The van der Waals surface area contributed by atoms with Gasteiger partial charge in [-0.25, -0.2) is 4.79 Å². The minimum Gasteiger partial charge on any atom is -0.444 e. The Morgan fingerprint density at radius 3 is 2.47 bits per heavy atom. The maximum atomic E-state index is 13.8. The summed E-state index contributed by atoms with van der Waals surface area (Å²) in [5.41, 5.74) is -1.53. The number of likely N-dealkylation sites (N-methyl/N-ethyl adjacent to an activating group) is 1. The molecule has 1 saturated heterocycles. The van der Waals surface area contributed by atoms with Crippen LogP contribution in [0.4, 0.5) is 4.79 Å². The molecular weight excluding hydrogens is 576 g/mol. The van der Waals surface area contributed by atoms with E-state index in [-0.39, 0.29) is 41.3 Å². The highest BCUT2D eigenvalue weighted by atomic mass is 16.6. The van der Waals surface area contributed by atoms with Crippen LogP contribution in [-0.4, -0.2) is 95.8 Å². The molecular formula is C33H48N6O6. The molecule has 0 aromatic carbocycles. The zero-order valence-electron chi connectivity index (χ0n) is 27.0. The molecule has 3 atom stereocenters. The second-order valence-electron chi connectivity index (χ2n) is 14.8. The van der Waals surface area contributed by atoms with E-state index in [0.29, 0.717) is 24.9 Å². The molecule has 5 fully saturated rings. The zero-order valence-corrected chi connectivity index (χ0v) is 27.0. The number of nitriles is 1. The van der Waals surface area contributed by atoms with Gasteiger partial charge in [-0.05, 0) is 90.0 Å². The summed E-state index contributed by atoms with van der Waals surface area (Å²) in [6.45, 7) is 8.36. The molecule has 1 aromatic heterocycles. The smallest absolute Gasteiger partial charge is 0.408 e. The first-order valence-electron chi connectivity index (χ1n) is 16.3. The monoisotopic (exact) mass is 624 g/mol. The van der Waals surface area contributed by atoms with Crippen molar-refractivity contribution in [2.45, 2.75) is 95.4 Å². The Morgan fingerprint density at radius 2 is 1.84 bits per heavy atom. The number of carbonyl (C=O) groups is 3. The van der Waals surface area contributed by atoms with Crippen LogP contribution in [0.15, 0.2) is 23.0 Å². The maximum absolute atomic E-state index is 13.8. The van der Waals surface area contributed by atoms with Gasteiger partial charge < -0.3 is 34.9 Å². The summed E-state index contributed by atoms with van der Waals surface area (Å²) in [4.78, 5) is 57.2. The number of likely N-dealkylation sites (tertiary alicyclic amines) is 1. The van der Waals surface area contributed by atoms with Gasteiger partial charge in [0.25, 0.3) is 5.91 Å². The molecule has 6 rings (SSSR count). The first-order chi connectivity index (χ1) is 21.3. The average molecular weight is 625 g/mol. The number of ether oxygens (including phenoxy) is 2. The summed E-state index contributed by atoms with van der Waals surface area (Å²) in [7, 11) is 1.61. The van der Waals surface area contributed by atoms with Crippen LogP contribution in [0.5, 0.6) is 0 Å². The Bertz CT molecular complexity index is 1340. The second kappa shape index (κ2) is 13.1. The summed E-state index contributed by atoms with van der Waals surface area (Å²) in [6.07, 6.45) is 6.43. The Kier molecular flexibility index (Phi) is 9.61. The number of piperidine rings is 1. The molecule has 0 spiro atoms. The predicted octanol–water partition coefficient (Wildman–Crippen LogP) is 2.80. The van der Waals surface area contributed by atoms with Crippen molar-refractivity contribution in [3.8, 4) is 6.07 Å². The van der Waals surface area contributed by atoms with Crippen molar-refractivity contribution in [3.63, 3.8) is 0 Å². The van der Waals surface area contributed by atoms with Crippen LogP contribution in [0, 0.1) is 28.6 Å². The maximum Gasteiger partial charge on any atom is 0.408 e. The minimum atomic E-state index is -0.789. The fourth-order valence-corrected chi connectivity index (χ4v) is 8.60. The highest BCUT2D eigenvalue weighted by Gasteiger charge is 2.62. The number of aromatic amines is 1. The minimum absolute atomic E-state index is 0.0486. The standard InChI is InChI=1S/C33H48N6O6/c1-31(2,3)45-30(43)37-27(29(42)38(4)13-10-34)32-17-22-16-23(18-32)20-33(19-22,21-32)44-15-14-39-11-8-24(9-12-39)35-28(41)25-6-5-7-26(40)36-25/h5-7,22-24,27H,8-9,11-21H2,1-4H3,(H,35,41)(H,36,40)(H,37,43)/t22?,23?,27-,32?,33?/m1/s1. The van der Waals surface area contributed by atoms with Gasteiger partial charge in [0.1, 0.15) is 23.9 Å². The van der Waals surface area contributed by atoms with Gasteiger partial charge in [0.05, 0.1) is 18.3 Å². The number of carbonyl (C=O) groups excluding carboxylic acids is 3. The Balaban J connectivity index is 1.19. The molecule has 45 heavy (non-hydrogen) atoms. The first kappa shape index (κ1) is 32.9. The van der Waals surface area contributed by atoms with Crippen molar-refractivity contribution < 1.29 is 23.9 Å². The van der Waals surface area contributed by atoms with Crippen LogP contribution in [-0.2, 0) is 14.3 Å². The highest BCUT2D eigenvalue weighted by Crippen LogP contribution is 2.64. The van der Waals surface area contributed by atoms with Crippen LogP contribution in [0.25, 0.3) is 0 Å². The molecule has 3 amide bonds. The van der Waals surface area contributed by atoms with E-state index >= 15 is 0 Å². The lowest BCUT2D eigenvalue weighted by Crippen LogP contribution is -2.66. The van der Waals surface area contributed by atoms with E-state index < -0.39 is 23.2 Å². The van der Waals surface area contributed by atoms with Crippen molar-refractivity contribution in [2.24, 2.45) is 17.3 Å². The predicted molar refractivity (Wildman–Crippen MR) is 166 cm³/mol. The molecule has 1 aliphatic heterocycles. The molecule has 4 bridgehead atoms. The number of nitrogens with one attached hydrogen (secondary N) is 3. The quantitative estimate of drug-likeness (QED) is 0.336. The van der Waals surface area contributed by atoms with Gasteiger partial charge in [0.2, 0.25) is 11.5 Å².